The molecule has 1 amide bonds. The zero-order chi connectivity index (χ0) is 14.7. The fraction of sp³-hybridized carbons (Fsp3) is 0.562. The van der Waals surface area contributed by atoms with E-state index in [-0.39, 0.29) is 23.9 Å². The molecule has 0 spiro atoms. The number of nitrogens with one attached hydrogen (secondary N) is 1. The molecule has 1 aliphatic heterocycles. The van der Waals surface area contributed by atoms with Gasteiger partial charge in [0.15, 0.2) is 11.6 Å². The molecule has 4 nitrogen and oxygen atoms in total. The highest BCUT2D eigenvalue weighted by atomic mass is 19.1. The minimum absolute atomic E-state index is 0.00364. The average molecular weight is 293 g/mol. The van der Waals surface area contributed by atoms with E-state index in [0.717, 1.165) is 38.7 Å². The van der Waals surface area contributed by atoms with Gasteiger partial charge in [0, 0.05) is 18.4 Å². The molecule has 1 aliphatic carbocycles. The van der Waals surface area contributed by atoms with Gasteiger partial charge in [-0.25, -0.2) is 4.39 Å². The molecule has 1 unspecified atom stereocenters. The Balaban J connectivity index is 1.54. The lowest BCUT2D eigenvalue weighted by atomic mass is 9.96. The fourth-order valence-electron chi connectivity index (χ4n) is 2.57. The first kappa shape index (κ1) is 14.3. The number of ether oxygens (including phenoxy) is 2. The van der Waals surface area contributed by atoms with E-state index in [1.165, 1.54) is 6.07 Å². The van der Waals surface area contributed by atoms with Crippen molar-refractivity contribution in [1.29, 1.82) is 0 Å². The van der Waals surface area contributed by atoms with Crippen LogP contribution in [0.1, 0.15) is 38.5 Å². The van der Waals surface area contributed by atoms with Gasteiger partial charge in [0.1, 0.15) is 0 Å². The summed E-state index contributed by atoms with van der Waals surface area (Å²) in [5.41, 5.74) is 0.455. The van der Waals surface area contributed by atoms with Gasteiger partial charge in [-0.05, 0) is 44.2 Å². The van der Waals surface area contributed by atoms with Crippen molar-refractivity contribution in [1.82, 2.24) is 0 Å². The third-order valence-corrected chi connectivity index (χ3v) is 4.00. The molecule has 114 valence electrons. The van der Waals surface area contributed by atoms with Gasteiger partial charge in [0.25, 0.3) is 0 Å². The van der Waals surface area contributed by atoms with Gasteiger partial charge >= 0.3 is 0 Å². The Morgan fingerprint density at radius 1 is 1.33 bits per heavy atom. The zero-order valence-electron chi connectivity index (χ0n) is 11.9. The number of carbonyl (C=O) groups is 1. The third-order valence-electron chi connectivity index (χ3n) is 4.00. The van der Waals surface area contributed by atoms with E-state index in [0.29, 0.717) is 12.1 Å². The largest absolute Gasteiger partial charge is 0.487 e. The predicted octanol–water partition coefficient (Wildman–Crippen LogP) is 3.26. The maximum absolute atomic E-state index is 13.9. The Morgan fingerprint density at radius 3 is 2.81 bits per heavy atom. The summed E-state index contributed by atoms with van der Waals surface area (Å²) in [4.78, 5) is 11.9. The smallest absolute Gasteiger partial charge is 0.226 e. The van der Waals surface area contributed by atoms with Crippen molar-refractivity contribution >= 4 is 11.6 Å². The third kappa shape index (κ3) is 3.73. The van der Waals surface area contributed by atoms with Gasteiger partial charge in [0.05, 0.1) is 18.6 Å². The summed E-state index contributed by atoms with van der Waals surface area (Å²) in [5, 5.41) is 2.70. The molecule has 0 aromatic heterocycles. The van der Waals surface area contributed by atoms with Crippen LogP contribution >= 0.6 is 0 Å². The van der Waals surface area contributed by atoms with Crippen LogP contribution in [0.2, 0.25) is 0 Å². The molecular formula is C16H20FNO3. The van der Waals surface area contributed by atoms with E-state index < -0.39 is 5.82 Å². The first-order valence-electron chi connectivity index (χ1n) is 7.58. The Labute approximate surface area is 123 Å². The van der Waals surface area contributed by atoms with Gasteiger partial charge in [-0.2, -0.15) is 0 Å². The number of amides is 1. The Morgan fingerprint density at radius 2 is 2.19 bits per heavy atom. The lowest BCUT2D eigenvalue weighted by Crippen LogP contribution is -2.25. The van der Waals surface area contributed by atoms with Crippen LogP contribution in [0, 0.1) is 5.82 Å². The molecule has 2 fully saturated rings. The average Bonchev–Trinajstić information content (AvgIpc) is 2.88. The second-order valence-corrected chi connectivity index (χ2v) is 5.70. The summed E-state index contributed by atoms with van der Waals surface area (Å²) in [7, 11) is 0. The Bertz CT molecular complexity index is 510. The van der Waals surface area contributed by atoms with Crippen molar-refractivity contribution in [2.45, 2.75) is 50.7 Å². The molecule has 2 aliphatic rings. The van der Waals surface area contributed by atoms with E-state index in [2.05, 4.69) is 5.32 Å². The second kappa shape index (κ2) is 6.43. The lowest BCUT2D eigenvalue weighted by molar-refractivity contribution is -0.118. The Hall–Kier alpha value is -1.62. The van der Waals surface area contributed by atoms with Gasteiger partial charge in [-0.1, -0.05) is 0 Å². The molecule has 3 rings (SSSR count). The number of benzene rings is 1. The van der Waals surface area contributed by atoms with Crippen LogP contribution in [0.15, 0.2) is 18.2 Å². The molecule has 1 aromatic carbocycles. The van der Waals surface area contributed by atoms with Crippen LogP contribution in [-0.2, 0) is 9.53 Å². The number of hydrogen-bond donors (Lipinski definition) is 1. The van der Waals surface area contributed by atoms with Crippen LogP contribution in [0.4, 0.5) is 10.1 Å². The highest BCUT2D eigenvalue weighted by molar-refractivity contribution is 5.91. The van der Waals surface area contributed by atoms with Crippen LogP contribution < -0.4 is 10.1 Å². The number of rotatable bonds is 5. The number of carbonyl (C=O) groups excluding carboxylic acids is 1. The van der Waals surface area contributed by atoms with Crippen LogP contribution in [0.3, 0.4) is 0 Å². The summed E-state index contributed by atoms with van der Waals surface area (Å²) in [6.07, 6.45) is 5.48. The molecule has 0 bridgehead atoms. The van der Waals surface area contributed by atoms with Crippen molar-refractivity contribution in [3.05, 3.63) is 24.0 Å². The van der Waals surface area contributed by atoms with Crippen molar-refractivity contribution in [3.63, 3.8) is 0 Å². The molecule has 1 N–H and O–H groups in total. The van der Waals surface area contributed by atoms with Crippen LogP contribution in [-0.4, -0.2) is 24.7 Å². The molecule has 1 atom stereocenters. The molecule has 0 radical (unpaired) electrons. The van der Waals surface area contributed by atoms with E-state index >= 15 is 0 Å². The number of hydrogen-bond acceptors (Lipinski definition) is 3. The summed E-state index contributed by atoms with van der Waals surface area (Å²) in [6, 6.07) is 4.56. The predicted molar refractivity (Wildman–Crippen MR) is 76.9 cm³/mol. The topological polar surface area (TPSA) is 47.6 Å². The van der Waals surface area contributed by atoms with E-state index in [9.17, 15) is 9.18 Å². The van der Waals surface area contributed by atoms with E-state index in [1.807, 2.05) is 0 Å². The first-order chi connectivity index (χ1) is 10.2. The zero-order valence-corrected chi connectivity index (χ0v) is 11.9. The lowest BCUT2D eigenvalue weighted by Gasteiger charge is -2.26. The summed E-state index contributed by atoms with van der Waals surface area (Å²) in [5.74, 6) is -0.317. The van der Waals surface area contributed by atoms with E-state index in [4.69, 9.17) is 9.47 Å². The molecule has 5 heteroatoms. The van der Waals surface area contributed by atoms with Crippen molar-refractivity contribution in [2.24, 2.45) is 0 Å². The van der Waals surface area contributed by atoms with Gasteiger partial charge in [-0.3, -0.25) is 4.79 Å². The maximum Gasteiger partial charge on any atom is 0.226 e. The van der Waals surface area contributed by atoms with Gasteiger partial charge < -0.3 is 14.8 Å². The second-order valence-electron chi connectivity index (χ2n) is 5.70. The van der Waals surface area contributed by atoms with E-state index in [1.54, 1.807) is 12.1 Å². The molecule has 1 saturated heterocycles. The van der Waals surface area contributed by atoms with Crippen molar-refractivity contribution in [2.75, 3.05) is 11.9 Å². The fourth-order valence-corrected chi connectivity index (χ4v) is 2.57. The van der Waals surface area contributed by atoms with Crippen LogP contribution in [0.25, 0.3) is 0 Å². The van der Waals surface area contributed by atoms with Crippen molar-refractivity contribution in [3.8, 4) is 5.75 Å². The minimum Gasteiger partial charge on any atom is -0.487 e. The maximum atomic E-state index is 13.9. The number of halogens is 1. The van der Waals surface area contributed by atoms with Crippen LogP contribution in [0.5, 0.6) is 5.75 Å². The molecule has 1 saturated carbocycles. The quantitative estimate of drug-likeness (QED) is 0.906. The van der Waals surface area contributed by atoms with Crippen molar-refractivity contribution < 1.29 is 18.7 Å². The minimum atomic E-state index is -0.434. The molecule has 21 heavy (non-hydrogen) atoms. The summed E-state index contributed by atoms with van der Waals surface area (Å²) >= 11 is 0. The molecule has 1 heterocycles. The SMILES string of the molecule is O=C(CC1CCCO1)Nc1ccc(OC2CCC2)c(F)c1. The highest BCUT2D eigenvalue weighted by Crippen LogP contribution is 2.28. The normalized spacial score (nSPS) is 21.9. The van der Waals surface area contributed by atoms with Gasteiger partial charge in [-0.15, -0.1) is 0 Å². The Kier molecular flexibility index (Phi) is 4.39. The standard InChI is InChI=1S/C16H20FNO3/c17-14-9-11(6-7-15(14)21-12-3-1-4-12)18-16(19)10-13-5-2-8-20-13/h6-7,9,12-13H,1-5,8,10H2,(H,18,19). The monoisotopic (exact) mass is 293 g/mol. The first-order valence-corrected chi connectivity index (χ1v) is 7.58. The summed E-state index contributed by atoms with van der Waals surface area (Å²) in [6.45, 7) is 0.722. The number of anilines is 1. The highest BCUT2D eigenvalue weighted by Gasteiger charge is 2.21. The molecule has 1 aromatic rings. The van der Waals surface area contributed by atoms with Gasteiger partial charge in [0.2, 0.25) is 5.91 Å². The molecular weight excluding hydrogens is 273 g/mol. The summed E-state index contributed by atoms with van der Waals surface area (Å²) < 4.78 is 24.9.